The lowest BCUT2D eigenvalue weighted by molar-refractivity contribution is -0.140. The molecular weight excluding hydrogens is 232 g/mol. The Labute approximate surface area is 109 Å². The molecule has 0 saturated heterocycles. The third-order valence-corrected chi connectivity index (χ3v) is 4.02. The molecule has 104 valence electrons. The smallest absolute Gasteiger partial charge is 0.307 e. The van der Waals surface area contributed by atoms with Crippen LogP contribution in [0.3, 0.4) is 0 Å². The average molecular weight is 256 g/mol. The molecule has 1 amide bonds. The van der Waals surface area contributed by atoms with Crippen molar-refractivity contribution in [3.8, 4) is 0 Å². The van der Waals surface area contributed by atoms with Crippen LogP contribution in [0.4, 0.5) is 0 Å². The summed E-state index contributed by atoms with van der Waals surface area (Å²) in [5.41, 5.74) is -0.417. The van der Waals surface area contributed by atoms with Crippen LogP contribution in [0.1, 0.15) is 27.7 Å². The van der Waals surface area contributed by atoms with Gasteiger partial charge >= 0.3 is 5.97 Å². The number of amides is 1. The number of hydrogen-bond donors (Lipinski definition) is 2. The van der Waals surface area contributed by atoms with Crippen molar-refractivity contribution in [1.29, 1.82) is 0 Å². The Balaban J connectivity index is 2.37. The van der Waals surface area contributed by atoms with Gasteiger partial charge in [0.05, 0.1) is 11.8 Å². The number of likely N-dealkylation sites (N-methyl/N-ethyl adjacent to an activating group) is 1. The van der Waals surface area contributed by atoms with E-state index < -0.39 is 17.3 Å². The van der Waals surface area contributed by atoms with E-state index in [-0.39, 0.29) is 11.8 Å². The molecule has 0 aromatic carbocycles. The fourth-order valence-electron chi connectivity index (χ4n) is 2.31. The number of aliphatic carboxylic acids is 1. The standard InChI is InChI=1S/C13H24N2O3/c1-8(2)15(5)7-6-14-11(16)9-10(12(17)18)13(9,3)4/h8-10H,6-7H2,1-5H3,(H,14,16)(H,17,18)/t9-,10+/m1/s1. The van der Waals surface area contributed by atoms with E-state index in [1.807, 2.05) is 20.9 Å². The third kappa shape index (κ3) is 3.02. The monoisotopic (exact) mass is 256 g/mol. The first-order valence-corrected chi connectivity index (χ1v) is 6.40. The number of carboxylic acids is 1. The molecule has 0 aliphatic heterocycles. The third-order valence-electron chi connectivity index (χ3n) is 4.02. The van der Waals surface area contributed by atoms with Gasteiger partial charge in [-0.15, -0.1) is 0 Å². The maximum absolute atomic E-state index is 11.9. The van der Waals surface area contributed by atoms with Gasteiger partial charge in [-0.05, 0) is 26.3 Å². The average Bonchev–Trinajstić information content (AvgIpc) is 2.81. The quantitative estimate of drug-likeness (QED) is 0.737. The highest BCUT2D eigenvalue weighted by molar-refractivity contribution is 5.91. The summed E-state index contributed by atoms with van der Waals surface area (Å²) >= 11 is 0. The minimum Gasteiger partial charge on any atom is -0.481 e. The molecule has 2 atom stereocenters. The summed E-state index contributed by atoms with van der Waals surface area (Å²) in [6.45, 7) is 9.17. The Morgan fingerprint density at radius 2 is 1.89 bits per heavy atom. The van der Waals surface area contributed by atoms with Crippen LogP contribution in [0.25, 0.3) is 0 Å². The number of carbonyl (C=O) groups is 2. The molecule has 0 aromatic rings. The molecule has 18 heavy (non-hydrogen) atoms. The van der Waals surface area contributed by atoms with Gasteiger partial charge in [0.2, 0.25) is 5.91 Å². The van der Waals surface area contributed by atoms with Gasteiger partial charge in [-0.1, -0.05) is 13.8 Å². The molecule has 1 aliphatic rings. The normalized spacial score (nSPS) is 25.3. The van der Waals surface area contributed by atoms with Gasteiger partial charge < -0.3 is 15.3 Å². The number of carboxylic acid groups (broad SMARTS) is 1. The Hall–Kier alpha value is -1.10. The molecular formula is C13H24N2O3. The Kier molecular flexibility index (Phi) is 4.37. The molecule has 2 N–H and O–H groups in total. The Bertz CT molecular complexity index is 339. The summed E-state index contributed by atoms with van der Waals surface area (Å²) in [7, 11) is 2.00. The van der Waals surface area contributed by atoms with Crippen molar-refractivity contribution in [2.45, 2.75) is 33.7 Å². The second kappa shape index (κ2) is 5.26. The summed E-state index contributed by atoms with van der Waals surface area (Å²) in [5, 5.41) is 11.8. The molecule has 1 fully saturated rings. The molecule has 0 unspecified atom stereocenters. The number of carbonyl (C=O) groups excluding carboxylic acids is 1. The molecule has 0 aromatic heterocycles. The van der Waals surface area contributed by atoms with Gasteiger partial charge in [0.15, 0.2) is 0 Å². The van der Waals surface area contributed by atoms with Gasteiger partial charge in [0.1, 0.15) is 0 Å². The SMILES string of the molecule is CC(C)N(C)CCNC(=O)[C@H]1[C@@H](C(=O)O)C1(C)C. The van der Waals surface area contributed by atoms with Crippen molar-refractivity contribution < 1.29 is 14.7 Å². The molecule has 5 nitrogen and oxygen atoms in total. The van der Waals surface area contributed by atoms with Crippen LogP contribution in [0.5, 0.6) is 0 Å². The summed E-state index contributed by atoms with van der Waals surface area (Å²) in [4.78, 5) is 25.0. The summed E-state index contributed by atoms with van der Waals surface area (Å²) < 4.78 is 0. The van der Waals surface area contributed by atoms with Crippen molar-refractivity contribution in [3.05, 3.63) is 0 Å². The molecule has 0 spiro atoms. The molecule has 0 bridgehead atoms. The minimum atomic E-state index is -0.876. The van der Waals surface area contributed by atoms with Crippen LogP contribution in [0.2, 0.25) is 0 Å². The first kappa shape index (κ1) is 15.0. The fraction of sp³-hybridized carbons (Fsp3) is 0.846. The zero-order valence-corrected chi connectivity index (χ0v) is 11.9. The zero-order valence-electron chi connectivity index (χ0n) is 11.9. The Morgan fingerprint density at radius 3 is 2.28 bits per heavy atom. The molecule has 0 heterocycles. The van der Waals surface area contributed by atoms with Crippen LogP contribution >= 0.6 is 0 Å². The predicted molar refractivity (Wildman–Crippen MR) is 69.2 cm³/mol. The van der Waals surface area contributed by atoms with Crippen molar-refractivity contribution in [2.75, 3.05) is 20.1 Å². The van der Waals surface area contributed by atoms with Gasteiger partial charge in [0, 0.05) is 19.1 Å². The zero-order chi connectivity index (χ0) is 14.1. The number of rotatable bonds is 6. The van der Waals surface area contributed by atoms with E-state index >= 15 is 0 Å². The van der Waals surface area contributed by atoms with Crippen molar-refractivity contribution in [3.63, 3.8) is 0 Å². The molecule has 0 radical (unpaired) electrons. The van der Waals surface area contributed by atoms with Crippen LogP contribution in [-0.4, -0.2) is 48.1 Å². The lowest BCUT2D eigenvalue weighted by Crippen LogP contribution is -2.37. The molecule has 1 rings (SSSR count). The van der Waals surface area contributed by atoms with Gasteiger partial charge in [0.25, 0.3) is 0 Å². The second-order valence-corrected chi connectivity index (χ2v) is 5.98. The first-order chi connectivity index (χ1) is 8.19. The largest absolute Gasteiger partial charge is 0.481 e. The van der Waals surface area contributed by atoms with Crippen LogP contribution in [0.15, 0.2) is 0 Å². The minimum absolute atomic E-state index is 0.135. The lowest BCUT2D eigenvalue weighted by Gasteiger charge is -2.20. The van der Waals surface area contributed by atoms with Crippen molar-refractivity contribution in [2.24, 2.45) is 17.3 Å². The topological polar surface area (TPSA) is 69.6 Å². The summed E-state index contributed by atoms with van der Waals surface area (Å²) in [5.74, 6) is -1.94. The highest BCUT2D eigenvalue weighted by Crippen LogP contribution is 2.58. The highest BCUT2D eigenvalue weighted by Gasteiger charge is 2.65. The van der Waals surface area contributed by atoms with Crippen LogP contribution in [0, 0.1) is 17.3 Å². The van der Waals surface area contributed by atoms with E-state index in [4.69, 9.17) is 5.11 Å². The van der Waals surface area contributed by atoms with E-state index in [0.29, 0.717) is 12.6 Å². The summed E-state index contributed by atoms with van der Waals surface area (Å²) in [6, 6.07) is 0.436. The van der Waals surface area contributed by atoms with Crippen LogP contribution in [-0.2, 0) is 9.59 Å². The van der Waals surface area contributed by atoms with Crippen molar-refractivity contribution >= 4 is 11.9 Å². The highest BCUT2D eigenvalue weighted by atomic mass is 16.4. The van der Waals surface area contributed by atoms with Gasteiger partial charge in [-0.2, -0.15) is 0 Å². The Morgan fingerprint density at radius 1 is 1.33 bits per heavy atom. The molecule has 5 heteroatoms. The maximum Gasteiger partial charge on any atom is 0.307 e. The lowest BCUT2D eigenvalue weighted by atomic mass is 10.1. The fourth-order valence-corrected chi connectivity index (χ4v) is 2.31. The number of nitrogens with zero attached hydrogens (tertiary/aromatic N) is 1. The van der Waals surface area contributed by atoms with Gasteiger partial charge in [-0.3, -0.25) is 9.59 Å². The van der Waals surface area contributed by atoms with E-state index in [0.717, 1.165) is 6.54 Å². The second-order valence-electron chi connectivity index (χ2n) is 5.98. The number of nitrogens with one attached hydrogen (secondary N) is 1. The first-order valence-electron chi connectivity index (χ1n) is 6.40. The van der Waals surface area contributed by atoms with Crippen LogP contribution < -0.4 is 5.32 Å². The van der Waals surface area contributed by atoms with E-state index in [1.54, 1.807) is 0 Å². The molecule has 1 saturated carbocycles. The van der Waals surface area contributed by atoms with E-state index in [9.17, 15) is 9.59 Å². The summed E-state index contributed by atoms with van der Waals surface area (Å²) in [6.07, 6.45) is 0. The van der Waals surface area contributed by atoms with E-state index in [2.05, 4.69) is 24.1 Å². The maximum atomic E-state index is 11.9. The van der Waals surface area contributed by atoms with E-state index in [1.165, 1.54) is 0 Å². The number of hydrogen-bond acceptors (Lipinski definition) is 3. The van der Waals surface area contributed by atoms with Gasteiger partial charge in [-0.25, -0.2) is 0 Å². The predicted octanol–water partition coefficient (Wildman–Crippen LogP) is 0.800. The van der Waals surface area contributed by atoms with Crippen molar-refractivity contribution in [1.82, 2.24) is 10.2 Å². The molecule has 1 aliphatic carbocycles.